The highest BCUT2D eigenvalue weighted by atomic mass is 32.2. The zero-order valence-electron chi connectivity index (χ0n) is 41.5. The van der Waals surface area contributed by atoms with Crippen LogP contribution in [0.3, 0.4) is 0 Å². The standard InChI is InChI=1S/C46H56F2N8O16P2S2/c1-22(2)68-43(59)24(5)53-73(63,71-28-9-7-26-13-16-65-30(26)18-28)66-21-33-40(58)38(48)42(76-33)56-15-12-35(52-46(56)62)51-36-17-27-8-10-29(19-31(27)70-36)72-74(64,54-25(6)44(60)69-23(3)4)67-20-32-39(57)37(47)41(75-32)55-14-11-34(49)50-45(55)61/h7-16,18-19,22-25,32-33,36-42,57-58H,17,20-21H2,1-6H3,(H,53,63)(H,54,64)(H2,49,50,61)(H,51,52,62)/t24-,25-,32+,33+,36?,37-,38-,39+,40+,41+,42+,73?,74?/m0/s1. The molecule has 3 aliphatic heterocycles. The summed E-state index contributed by atoms with van der Waals surface area (Å²) in [6, 6.07) is 11.1. The number of fused-ring (bicyclic) bond motifs is 2. The van der Waals surface area contributed by atoms with Crippen molar-refractivity contribution in [3.05, 3.63) is 99.8 Å². The predicted molar refractivity (Wildman–Crippen MR) is 274 cm³/mol. The van der Waals surface area contributed by atoms with Crippen LogP contribution in [0.4, 0.5) is 20.4 Å². The molecule has 3 aliphatic rings. The third kappa shape index (κ3) is 13.4. The van der Waals surface area contributed by atoms with Gasteiger partial charge in [-0.1, -0.05) is 6.07 Å². The van der Waals surface area contributed by atoms with Crippen molar-refractivity contribution >= 4 is 73.6 Å². The van der Waals surface area contributed by atoms with Gasteiger partial charge in [0.2, 0.25) is 0 Å². The number of alkyl halides is 2. The van der Waals surface area contributed by atoms with E-state index < -0.39 is 128 Å². The molecule has 30 heteroatoms. The Morgan fingerprint density at radius 2 is 1.30 bits per heavy atom. The summed E-state index contributed by atoms with van der Waals surface area (Å²) in [5.74, 6) is -1.31. The molecule has 412 valence electrons. The number of carbonyl (C=O) groups is 2. The molecule has 0 bridgehead atoms. The highest BCUT2D eigenvalue weighted by Gasteiger charge is 2.48. The van der Waals surface area contributed by atoms with Gasteiger partial charge in [0, 0.05) is 41.9 Å². The molecule has 0 radical (unpaired) electrons. The van der Waals surface area contributed by atoms with Crippen molar-refractivity contribution < 1.29 is 74.4 Å². The number of thioether (sulfide) groups is 2. The molecule has 24 nitrogen and oxygen atoms in total. The van der Waals surface area contributed by atoms with Crippen molar-refractivity contribution in [2.45, 2.75) is 124 Å². The van der Waals surface area contributed by atoms with E-state index in [0.717, 1.165) is 38.0 Å². The minimum atomic E-state index is -4.57. The molecule has 3 unspecified atom stereocenters. The van der Waals surface area contributed by atoms with Crippen LogP contribution in [0.2, 0.25) is 0 Å². The van der Waals surface area contributed by atoms with Gasteiger partial charge in [-0.15, -0.1) is 23.5 Å². The predicted octanol–water partition coefficient (Wildman–Crippen LogP) is 5.39. The minimum absolute atomic E-state index is 0.0445. The number of carbonyl (C=O) groups excluding carboxylic acids is 2. The number of halogens is 2. The molecular formula is C46H56F2N8O16P2S2. The maximum absolute atomic E-state index is 15.9. The summed E-state index contributed by atoms with van der Waals surface area (Å²) in [6.45, 7) is 8.16. The van der Waals surface area contributed by atoms with Gasteiger partial charge >= 0.3 is 38.8 Å². The summed E-state index contributed by atoms with van der Waals surface area (Å²) in [4.78, 5) is 59.1. The van der Waals surface area contributed by atoms with E-state index in [2.05, 4.69) is 25.5 Å². The first-order valence-electron chi connectivity index (χ1n) is 23.7. The van der Waals surface area contributed by atoms with Crippen LogP contribution in [-0.4, -0.2) is 120 Å². The fourth-order valence-corrected chi connectivity index (χ4v) is 14.0. The van der Waals surface area contributed by atoms with Crippen LogP contribution in [0.1, 0.15) is 57.9 Å². The fraction of sp³-hybridized carbons (Fsp3) is 0.478. The van der Waals surface area contributed by atoms with Crippen LogP contribution in [0, 0.1) is 0 Å². The molecule has 2 fully saturated rings. The van der Waals surface area contributed by atoms with E-state index >= 15 is 8.78 Å². The number of aromatic nitrogens is 4. The monoisotopic (exact) mass is 1140 g/mol. The smallest absolute Gasteiger partial charge is 0.459 e. The van der Waals surface area contributed by atoms with Crippen LogP contribution >= 0.6 is 39.0 Å². The van der Waals surface area contributed by atoms with Gasteiger partial charge in [0.25, 0.3) is 0 Å². The molecule has 2 saturated heterocycles. The lowest BCUT2D eigenvalue weighted by Gasteiger charge is -2.25. The van der Waals surface area contributed by atoms with Gasteiger partial charge < -0.3 is 48.9 Å². The second-order valence-electron chi connectivity index (χ2n) is 18.3. The number of aliphatic hydroxyl groups is 2. The Morgan fingerprint density at radius 1 is 0.776 bits per heavy atom. The third-order valence-corrected chi connectivity index (χ3v) is 18.0. The van der Waals surface area contributed by atoms with E-state index in [-0.39, 0.29) is 35.3 Å². The van der Waals surface area contributed by atoms with E-state index in [1.807, 2.05) is 0 Å². The van der Waals surface area contributed by atoms with E-state index in [0.29, 0.717) is 11.1 Å². The van der Waals surface area contributed by atoms with Gasteiger partial charge in [-0.2, -0.15) is 20.1 Å². The van der Waals surface area contributed by atoms with Gasteiger partial charge in [0.15, 0.2) is 18.6 Å². The summed E-state index contributed by atoms with van der Waals surface area (Å²) in [5.41, 5.74) is 4.91. The fourth-order valence-electron chi connectivity index (χ4n) is 7.99. The first kappa shape index (κ1) is 56.7. The van der Waals surface area contributed by atoms with E-state index in [1.165, 1.54) is 68.9 Å². The lowest BCUT2D eigenvalue weighted by molar-refractivity contribution is -0.150. The summed E-state index contributed by atoms with van der Waals surface area (Å²) in [6.07, 6.45) is -4.97. The molecule has 76 heavy (non-hydrogen) atoms. The van der Waals surface area contributed by atoms with Gasteiger partial charge in [0.05, 0.1) is 42.2 Å². The maximum Gasteiger partial charge on any atom is 0.459 e. The quantitative estimate of drug-likeness (QED) is 0.0373. The Kier molecular flexibility index (Phi) is 17.6. The molecular weight excluding hydrogens is 1080 g/mol. The third-order valence-electron chi connectivity index (χ3n) is 11.7. The number of hydrogen-bond acceptors (Lipinski definition) is 22. The molecule has 2 aromatic carbocycles. The molecule has 7 N–H and O–H groups in total. The molecule has 0 saturated carbocycles. The summed E-state index contributed by atoms with van der Waals surface area (Å²) >= 11 is 1.67. The maximum atomic E-state index is 15.9. The number of anilines is 2. The van der Waals surface area contributed by atoms with Crippen LogP contribution in [0.25, 0.3) is 11.0 Å². The number of nitrogen functional groups attached to an aromatic ring is 1. The number of rotatable bonds is 22. The number of nitrogens with zero attached hydrogens (tertiary/aromatic N) is 4. The van der Waals surface area contributed by atoms with Gasteiger partial charge in [-0.3, -0.25) is 27.8 Å². The summed E-state index contributed by atoms with van der Waals surface area (Å²) < 4.78 is 107. The highest BCUT2D eigenvalue weighted by molar-refractivity contribution is 8.00. The molecule has 0 aliphatic carbocycles. The number of furan rings is 1. The molecule has 5 aromatic rings. The Balaban J connectivity index is 0.903. The topological polar surface area (TPSA) is 318 Å². The average Bonchev–Trinajstić information content (AvgIpc) is 4.12. The van der Waals surface area contributed by atoms with E-state index in [9.17, 15) is 38.5 Å². The minimum Gasteiger partial charge on any atom is -0.470 e. The Hall–Kier alpha value is -5.54. The van der Waals surface area contributed by atoms with Crippen LogP contribution in [0.15, 0.2) is 87.3 Å². The SMILES string of the molecule is CC(C)OC(=O)[C@H](C)NP(=O)(OC[C@H]1S[C@@H](n2ccc(N)nc2=O)[C@@H](F)[C@@H]1O)Oc1ccc2c(c1)OC(Nc1ccn([C@@H]3S[C@H](COP(=O)(N[C@@H](C)C(=O)OC(C)C)Oc4ccc5ccoc5c4)[C@@H](O)[C@@H]3F)c(=O)n1)C2. The van der Waals surface area contributed by atoms with Crippen LogP contribution in [0.5, 0.6) is 17.2 Å². The number of esters is 2. The number of ether oxygens (including phenoxy) is 3. The normalized spacial score (nSPS) is 25.6. The van der Waals surface area contributed by atoms with Crippen molar-refractivity contribution in [2.75, 3.05) is 24.3 Å². The van der Waals surface area contributed by atoms with Crippen molar-refractivity contribution in [1.82, 2.24) is 29.3 Å². The lowest BCUT2D eigenvalue weighted by Crippen LogP contribution is -2.37. The van der Waals surface area contributed by atoms with Gasteiger partial charge in [-0.05, 0) is 77.9 Å². The molecule has 6 heterocycles. The molecule has 0 amide bonds. The number of nitrogens with one attached hydrogen (secondary N) is 3. The van der Waals surface area contributed by atoms with Crippen molar-refractivity contribution in [3.8, 4) is 17.2 Å². The molecule has 0 spiro atoms. The van der Waals surface area contributed by atoms with E-state index in [4.69, 9.17) is 42.5 Å². The average molecular weight is 1140 g/mol. The number of hydrogen-bond donors (Lipinski definition) is 6. The highest BCUT2D eigenvalue weighted by Crippen LogP contribution is 2.51. The summed E-state index contributed by atoms with van der Waals surface area (Å²) in [5, 5.41) is 26.0. The Morgan fingerprint density at radius 3 is 1.84 bits per heavy atom. The zero-order valence-corrected chi connectivity index (χ0v) is 44.9. The van der Waals surface area contributed by atoms with Crippen molar-refractivity contribution in [2.24, 2.45) is 0 Å². The summed E-state index contributed by atoms with van der Waals surface area (Å²) in [7, 11) is -9.03. The first-order chi connectivity index (χ1) is 36.0. The Labute approximate surface area is 441 Å². The first-order valence-corrected chi connectivity index (χ1v) is 28.7. The number of aliphatic hydroxyl groups excluding tert-OH is 2. The number of benzene rings is 2. The number of nitrogens with two attached hydrogens (primary N) is 1. The second-order valence-corrected chi connectivity index (χ2v) is 24.4. The van der Waals surface area contributed by atoms with Gasteiger partial charge in [-0.25, -0.2) is 27.5 Å². The van der Waals surface area contributed by atoms with Crippen LogP contribution < -0.4 is 46.4 Å². The second kappa shape index (κ2) is 23.6. The Bertz CT molecular complexity index is 3140. The lowest BCUT2D eigenvalue weighted by atomic mass is 10.1. The largest absolute Gasteiger partial charge is 0.470 e. The molecule has 13 atom stereocenters. The molecule has 8 rings (SSSR count). The van der Waals surface area contributed by atoms with E-state index in [1.54, 1.807) is 45.9 Å². The molecule has 3 aromatic heterocycles. The van der Waals surface area contributed by atoms with Crippen molar-refractivity contribution in [1.29, 1.82) is 0 Å². The zero-order chi connectivity index (χ0) is 54.8. The van der Waals surface area contributed by atoms with Crippen molar-refractivity contribution in [3.63, 3.8) is 0 Å². The van der Waals surface area contributed by atoms with Crippen LogP contribution in [-0.2, 0) is 43.7 Å². The van der Waals surface area contributed by atoms with Gasteiger partial charge in [0.1, 0.15) is 69.5 Å².